The SMILES string of the molecule is O=C(c1ccc(OC[C@@H]2CCCN(C(=O)c3cccs3)C2)cc1)N1CCCCC1. The lowest BCUT2D eigenvalue weighted by molar-refractivity contribution is 0.0638. The number of piperidine rings is 2. The van der Waals surface area contributed by atoms with Gasteiger partial charge in [-0.3, -0.25) is 9.59 Å². The Bertz CT molecular complexity index is 813. The number of carbonyl (C=O) groups excluding carboxylic acids is 2. The molecule has 1 aromatic heterocycles. The molecule has 3 heterocycles. The summed E-state index contributed by atoms with van der Waals surface area (Å²) in [7, 11) is 0. The molecule has 4 rings (SSSR count). The third kappa shape index (κ3) is 4.99. The number of rotatable bonds is 5. The zero-order valence-electron chi connectivity index (χ0n) is 16.7. The van der Waals surface area contributed by atoms with E-state index in [9.17, 15) is 9.59 Å². The Morgan fingerprint density at radius 1 is 0.931 bits per heavy atom. The first-order valence-corrected chi connectivity index (χ1v) is 11.4. The van der Waals surface area contributed by atoms with E-state index in [0.717, 1.165) is 68.1 Å². The van der Waals surface area contributed by atoms with Gasteiger partial charge in [0.25, 0.3) is 11.8 Å². The molecule has 154 valence electrons. The van der Waals surface area contributed by atoms with Gasteiger partial charge in [0.15, 0.2) is 0 Å². The van der Waals surface area contributed by atoms with Crippen LogP contribution in [0.15, 0.2) is 41.8 Å². The van der Waals surface area contributed by atoms with E-state index >= 15 is 0 Å². The molecule has 29 heavy (non-hydrogen) atoms. The lowest BCUT2D eigenvalue weighted by atomic mass is 9.99. The fraction of sp³-hybridized carbons (Fsp3) is 0.478. The van der Waals surface area contributed by atoms with Gasteiger partial charge in [-0.15, -0.1) is 11.3 Å². The summed E-state index contributed by atoms with van der Waals surface area (Å²) in [5, 5.41) is 1.94. The number of hydrogen-bond donors (Lipinski definition) is 0. The number of likely N-dealkylation sites (tertiary alicyclic amines) is 2. The minimum atomic E-state index is 0.117. The highest BCUT2D eigenvalue weighted by Gasteiger charge is 2.25. The van der Waals surface area contributed by atoms with Gasteiger partial charge in [0, 0.05) is 37.7 Å². The number of carbonyl (C=O) groups is 2. The van der Waals surface area contributed by atoms with Gasteiger partial charge in [-0.05, 0) is 67.8 Å². The first-order valence-electron chi connectivity index (χ1n) is 10.6. The van der Waals surface area contributed by atoms with Crippen molar-refractivity contribution in [2.24, 2.45) is 5.92 Å². The number of thiophene rings is 1. The number of nitrogens with zero attached hydrogens (tertiary/aromatic N) is 2. The van der Waals surface area contributed by atoms with Gasteiger partial charge in [0.05, 0.1) is 11.5 Å². The van der Waals surface area contributed by atoms with Gasteiger partial charge in [-0.25, -0.2) is 0 Å². The van der Waals surface area contributed by atoms with Gasteiger partial charge < -0.3 is 14.5 Å². The van der Waals surface area contributed by atoms with Crippen LogP contribution in [-0.2, 0) is 0 Å². The van der Waals surface area contributed by atoms with Crippen molar-refractivity contribution in [1.82, 2.24) is 9.80 Å². The van der Waals surface area contributed by atoms with Crippen molar-refractivity contribution in [2.75, 3.05) is 32.8 Å². The van der Waals surface area contributed by atoms with E-state index in [4.69, 9.17) is 4.74 Å². The molecule has 2 aromatic rings. The molecule has 0 spiro atoms. The maximum absolute atomic E-state index is 12.6. The Labute approximate surface area is 176 Å². The molecule has 0 N–H and O–H groups in total. The highest BCUT2D eigenvalue weighted by Crippen LogP contribution is 2.22. The predicted molar refractivity (Wildman–Crippen MR) is 115 cm³/mol. The van der Waals surface area contributed by atoms with Crippen LogP contribution in [0.1, 0.15) is 52.1 Å². The van der Waals surface area contributed by atoms with Crippen molar-refractivity contribution in [3.05, 3.63) is 52.2 Å². The zero-order chi connectivity index (χ0) is 20.1. The predicted octanol–water partition coefficient (Wildman–Crippen LogP) is 4.31. The molecule has 0 saturated carbocycles. The molecule has 5 nitrogen and oxygen atoms in total. The summed E-state index contributed by atoms with van der Waals surface area (Å²) in [6.45, 7) is 3.87. The van der Waals surface area contributed by atoms with Gasteiger partial charge in [0.1, 0.15) is 5.75 Å². The second-order valence-corrected chi connectivity index (χ2v) is 8.87. The Morgan fingerprint density at radius 3 is 2.41 bits per heavy atom. The van der Waals surface area contributed by atoms with Crippen molar-refractivity contribution in [3.63, 3.8) is 0 Å². The van der Waals surface area contributed by atoms with Crippen LogP contribution in [0.5, 0.6) is 5.75 Å². The standard InChI is InChI=1S/C23H28N2O3S/c26-22(24-12-2-1-3-13-24)19-8-10-20(11-9-19)28-17-18-6-4-14-25(16-18)23(27)21-7-5-15-29-21/h5,7-11,15,18H,1-4,6,12-14,16-17H2/t18-/m1/s1. The summed E-state index contributed by atoms with van der Waals surface area (Å²) in [5.41, 5.74) is 0.727. The molecule has 0 unspecified atom stereocenters. The van der Waals surface area contributed by atoms with Crippen LogP contribution in [-0.4, -0.2) is 54.4 Å². The Kier molecular flexibility index (Phi) is 6.49. The molecule has 2 saturated heterocycles. The average Bonchev–Trinajstić information content (AvgIpc) is 3.33. The molecular weight excluding hydrogens is 384 g/mol. The van der Waals surface area contributed by atoms with E-state index in [1.807, 2.05) is 51.6 Å². The number of amides is 2. The van der Waals surface area contributed by atoms with Crippen LogP contribution in [0, 0.1) is 5.92 Å². The third-order valence-corrected chi connectivity index (χ3v) is 6.63. The van der Waals surface area contributed by atoms with Crippen LogP contribution in [0.2, 0.25) is 0 Å². The molecule has 2 amide bonds. The fourth-order valence-electron chi connectivity index (χ4n) is 4.13. The Morgan fingerprint density at radius 2 is 1.69 bits per heavy atom. The smallest absolute Gasteiger partial charge is 0.263 e. The summed E-state index contributed by atoms with van der Waals surface area (Å²) >= 11 is 1.50. The monoisotopic (exact) mass is 412 g/mol. The first kappa shape index (κ1) is 20.0. The second-order valence-electron chi connectivity index (χ2n) is 7.92. The molecule has 1 aromatic carbocycles. The van der Waals surface area contributed by atoms with Gasteiger partial charge >= 0.3 is 0 Å². The van der Waals surface area contributed by atoms with Crippen LogP contribution in [0.25, 0.3) is 0 Å². The summed E-state index contributed by atoms with van der Waals surface area (Å²) in [5.74, 6) is 1.36. The van der Waals surface area contributed by atoms with Crippen LogP contribution < -0.4 is 4.74 Å². The fourth-order valence-corrected chi connectivity index (χ4v) is 4.82. The lowest BCUT2D eigenvalue weighted by Gasteiger charge is -2.32. The summed E-state index contributed by atoms with van der Waals surface area (Å²) in [4.78, 5) is 29.8. The van der Waals surface area contributed by atoms with Crippen molar-refractivity contribution >= 4 is 23.2 Å². The zero-order valence-corrected chi connectivity index (χ0v) is 17.5. The van der Waals surface area contributed by atoms with Gasteiger partial charge in [0.2, 0.25) is 0 Å². The Hall–Kier alpha value is -2.34. The number of benzene rings is 1. The molecule has 6 heteroatoms. The summed E-state index contributed by atoms with van der Waals surface area (Å²) < 4.78 is 5.98. The molecule has 0 bridgehead atoms. The van der Waals surface area contributed by atoms with E-state index in [1.165, 1.54) is 17.8 Å². The molecule has 2 aliphatic rings. The molecular formula is C23H28N2O3S. The third-order valence-electron chi connectivity index (χ3n) is 5.77. The van der Waals surface area contributed by atoms with Crippen molar-refractivity contribution < 1.29 is 14.3 Å². The molecule has 1 atom stereocenters. The quantitative estimate of drug-likeness (QED) is 0.735. The highest BCUT2D eigenvalue weighted by molar-refractivity contribution is 7.12. The summed E-state index contributed by atoms with van der Waals surface area (Å²) in [6.07, 6.45) is 5.49. The lowest BCUT2D eigenvalue weighted by Crippen LogP contribution is -2.41. The summed E-state index contributed by atoms with van der Waals surface area (Å²) in [6, 6.07) is 11.3. The van der Waals surface area contributed by atoms with E-state index in [2.05, 4.69) is 0 Å². The van der Waals surface area contributed by atoms with E-state index in [0.29, 0.717) is 12.5 Å². The number of hydrogen-bond acceptors (Lipinski definition) is 4. The van der Waals surface area contributed by atoms with E-state index < -0.39 is 0 Å². The topological polar surface area (TPSA) is 49.9 Å². The van der Waals surface area contributed by atoms with Gasteiger partial charge in [-0.1, -0.05) is 6.07 Å². The molecule has 2 fully saturated rings. The normalized spacial score (nSPS) is 19.8. The van der Waals surface area contributed by atoms with Crippen LogP contribution in [0.4, 0.5) is 0 Å². The first-order chi connectivity index (χ1) is 14.2. The molecule has 0 aliphatic carbocycles. The number of ether oxygens (including phenoxy) is 1. The highest BCUT2D eigenvalue weighted by atomic mass is 32.1. The van der Waals surface area contributed by atoms with E-state index in [1.54, 1.807) is 0 Å². The van der Waals surface area contributed by atoms with Crippen LogP contribution >= 0.6 is 11.3 Å². The minimum Gasteiger partial charge on any atom is -0.493 e. The van der Waals surface area contributed by atoms with Crippen molar-refractivity contribution in [2.45, 2.75) is 32.1 Å². The molecule has 0 radical (unpaired) electrons. The van der Waals surface area contributed by atoms with E-state index in [-0.39, 0.29) is 11.8 Å². The van der Waals surface area contributed by atoms with Gasteiger partial charge in [-0.2, -0.15) is 0 Å². The Balaban J connectivity index is 1.28. The van der Waals surface area contributed by atoms with Crippen molar-refractivity contribution in [3.8, 4) is 5.75 Å². The largest absolute Gasteiger partial charge is 0.493 e. The van der Waals surface area contributed by atoms with Crippen LogP contribution in [0.3, 0.4) is 0 Å². The maximum atomic E-state index is 12.6. The molecule has 2 aliphatic heterocycles. The average molecular weight is 413 g/mol. The second kappa shape index (κ2) is 9.44. The minimum absolute atomic E-state index is 0.117. The maximum Gasteiger partial charge on any atom is 0.263 e. The van der Waals surface area contributed by atoms with Crippen molar-refractivity contribution in [1.29, 1.82) is 0 Å².